The van der Waals surface area contributed by atoms with Crippen LogP contribution in [0.15, 0.2) is 46.7 Å². The molecule has 0 aliphatic carbocycles. The summed E-state index contributed by atoms with van der Waals surface area (Å²) in [6.07, 6.45) is 0.644. The molecule has 0 amide bonds. The van der Waals surface area contributed by atoms with Gasteiger partial charge in [0.15, 0.2) is 10.3 Å². The third-order valence-corrected chi connectivity index (χ3v) is 6.30. The maximum Gasteiger partial charge on any atom is 0.319 e. The number of hydrogen-bond acceptors (Lipinski definition) is 8. The lowest BCUT2D eigenvalue weighted by Crippen LogP contribution is -2.20. The number of aromatic nitrogens is 5. The van der Waals surface area contributed by atoms with E-state index in [1.165, 1.54) is 23.5 Å². The van der Waals surface area contributed by atoms with E-state index in [1.54, 1.807) is 0 Å². The molecule has 158 valence electrons. The predicted molar refractivity (Wildman–Crippen MR) is 119 cm³/mol. The van der Waals surface area contributed by atoms with Gasteiger partial charge in [0.25, 0.3) is 0 Å². The number of para-hydroxylation sites is 1. The van der Waals surface area contributed by atoms with Gasteiger partial charge >= 0.3 is 5.97 Å². The molecule has 30 heavy (non-hydrogen) atoms. The molecule has 0 fully saturated rings. The fourth-order valence-electron chi connectivity index (χ4n) is 2.85. The number of nitrogens with zero attached hydrogens (tertiary/aromatic N) is 5. The maximum absolute atomic E-state index is 12.3. The first-order valence-electron chi connectivity index (χ1n) is 9.79. The Morgan fingerprint density at radius 1 is 1.10 bits per heavy atom. The average Bonchev–Trinajstić information content (AvgIpc) is 3.13. The molecule has 3 rings (SSSR count). The highest BCUT2D eigenvalue weighted by Crippen LogP contribution is 2.30. The molecule has 0 saturated carbocycles. The minimum Gasteiger partial charge on any atom is -0.465 e. The van der Waals surface area contributed by atoms with Crippen LogP contribution in [-0.4, -0.2) is 42.6 Å². The Labute approximate surface area is 185 Å². The second-order valence-corrected chi connectivity index (χ2v) is 8.67. The summed E-state index contributed by atoms with van der Waals surface area (Å²) >= 11 is 2.90. The topological polar surface area (TPSA) is 82.8 Å². The van der Waals surface area contributed by atoms with Gasteiger partial charge in [-0.3, -0.25) is 9.36 Å². The molecule has 0 N–H and O–H groups in total. The summed E-state index contributed by atoms with van der Waals surface area (Å²) < 4.78 is 7.20. The molecule has 2 aromatic heterocycles. The van der Waals surface area contributed by atoms with Crippen LogP contribution in [0.2, 0.25) is 0 Å². The van der Waals surface area contributed by atoms with Crippen molar-refractivity contribution < 1.29 is 9.53 Å². The minimum atomic E-state index is -0.333. The highest BCUT2D eigenvalue weighted by atomic mass is 32.2. The summed E-state index contributed by atoms with van der Waals surface area (Å²) in [7, 11) is 0. The molecule has 0 bridgehead atoms. The Balaban J connectivity index is 1.89. The minimum absolute atomic E-state index is 0.229. The zero-order valence-electron chi connectivity index (χ0n) is 17.5. The average molecular weight is 444 g/mol. The normalized spacial score (nSPS) is 12.0. The van der Waals surface area contributed by atoms with Crippen molar-refractivity contribution in [1.29, 1.82) is 0 Å². The lowest BCUT2D eigenvalue weighted by atomic mass is 10.3. The van der Waals surface area contributed by atoms with Crippen molar-refractivity contribution in [3.05, 3.63) is 53.6 Å². The van der Waals surface area contributed by atoms with Crippen molar-refractivity contribution >= 4 is 29.5 Å². The van der Waals surface area contributed by atoms with Gasteiger partial charge in [0.1, 0.15) is 11.1 Å². The van der Waals surface area contributed by atoms with Crippen LogP contribution >= 0.6 is 23.5 Å². The predicted octanol–water partition coefficient (Wildman–Crippen LogP) is 4.40. The first-order valence-corrected chi connectivity index (χ1v) is 11.7. The number of aryl methyl sites for hydroxylation is 2. The largest absolute Gasteiger partial charge is 0.465 e. The van der Waals surface area contributed by atoms with E-state index in [0.29, 0.717) is 29.1 Å². The molecule has 1 aromatic carbocycles. The molecule has 1 atom stereocenters. The number of carbonyl (C=O) groups excluding carboxylic acids is 1. The van der Waals surface area contributed by atoms with Gasteiger partial charge in [0.05, 0.1) is 12.4 Å². The van der Waals surface area contributed by atoms with Gasteiger partial charge < -0.3 is 4.74 Å². The fourth-order valence-corrected chi connectivity index (χ4v) is 4.71. The van der Waals surface area contributed by atoms with Crippen molar-refractivity contribution in [2.45, 2.75) is 55.4 Å². The highest BCUT2D eigenvalue weighted by Gasteiger charge is 2.24. The summed E-state index contributed by atoms with van der Waals surface area (Å²) in [5.41, 5.74) is 2.82. The fraction of sp³-hybridized carbons (Fsp3) is 0.381. The third-order valence-electron chi connectivity index (χ3n) is 4.17. The summed E-state index contributed by atoms with van der Waals surface area (Å²) in [6, 6.07) is 11.9. The molecule has 0 unspecified atom stereocenters. The van der Waals surface area contributed by atoms with E-state index in [1.807, 2.05) is 68.7 Å². The lowest BCUT2D eigenvalue weighted by Gasteiger charge is -2.14. The van der Waals surface area contributed by atoms with E-state index < -0.39 is 0 Å². The van der Waals surface area contributed by atoms with E-state index in [-0.39, 0.29) is 11.2 Å². The molecule has 0 aliphatic rings. The number of rotatable bonds is 9. The van der Waals surface area contributed by atoms with Crippen LogP contribution in [0.3, 0.4) is 0 Å². The highest BCUT2D eigenvalue weighted by molar-refractivity contribution is 8.00. The van der Waals surface area contributed by atoms with Crippen LogP contribution in [0.4, 0.5) is 0 Å². The number of ether oxygens (including phenoxy) is 1. The Bertz CT molecular complexity index is 974. The Morgan fingerprint density at radius 3 is 2.43 bits per heavy atom. The lowest BCUT2D eigenvalue weighted by molar-refractivity contribution is -0.142. The van der Waals surface area contributed by atoms with Crippen LogP contribution in [0.25, 0.3) is 5.69 Å². The number of hydrogen-bond donors (Lipinski definition) is 0. The molecule has 0 spiro atoms. The van der Waals surface area contributed by atoms with Gasteiger partial charge in [-0.05, 0) is 45.4 Å². The van der Waals surface area contributed by atoms with Crippen molar-refractivity contribution in [3.8, 4) is 5.69 Å². The first kappa shape index (κ1) is 22.3. The number of esters is 1. The zero-order chi connectivity index (χ0) is 21.5. The quantitative estimate of drug-likeness (QED) is 0.273. The summed E-state index contributed by atoms with van der Waals surface area (Å²) in [4.78, 5) is 21.3. The van der Waals surface area contributed by atoms with Gasteiger partial charge in [-0.25, -0.2) is 9.97 Å². The van der Waals surface area contributed by atoms with E-state index in [2.05, 4.69) is 20.2 Å². The molecule has 0 radical (unpaired) electrons. The van der Waals surface area contributed by atoms with Crippen molar-refractivity contribution in [3.63, 3.8) is 0 Å². The van der Waals surface area contributed by atoms with Gasteiger partial charge in [-0.15, -0.1) is 10.2 Å². The van der Waals surface area contributed by atoms with Crippen LogP contribution in [0, 0.1) is 13.8 Å². The van der Waals surface area contributed by atoms with Crippen LogP contribution in [0.1, 0.15) is 37.5 Å². The Morgan fingerprint density at radius 2 is 1.80 bits per heavy atom. The molecular weight excluding hydrogens is 418 g/mol. The Kier molecular flexibility index (Phi) is 7.87. The van der Waals surface area contributed by atoms with Crippen LogP contribution in [0.5, 0.6) is 0 Å². The monoisotopic (exact) mass is 443 g/mol. The second-order valence-electron chi connectivity index (χ2n) is 6.56. The van der Waals surface area contributed by atoms with Gasteiger partial charge in [0.2, 0.25) is 0 Å². The number of benzene rings is 1. The van der Waals surface area contributed by atoms with Crippen molar-refractivity contribution in [2.75, 3.05) is 6.61 Å². The standard InChI is InChI=1S/C21H25N5O2S2/c1-5-17(19(27)28-6-2)30-21-25-24-18(26(21)16-10-8-7-9-11-16)13-29-20-22-14(3)12-15(4)23-20/h7-12,17H,5-6,13H2,1-4H3/t17-/m0/s1. The zero-order valence-corrected chi connectivity index (χ0v) is 19.2. The summed E-state index contributed by atoms with van der Waals surface area (Å²) in [5, 5.41) is 9.83. The summed E-state index contributed by atoms with van der Waals surface area (Å²) in [6.45, 7) is 8.05. The van der Waals surface area contributed by atoms with E-state index in [4.69, 9.17) is 4.74 Å². The smallest absolute Gasteiger partial charge is 0.319 e. The molecule has 2 heterocycles. The molecule has 7 nitrogen and oxygen atoms in total. The van der Waals surface area contributed by atoms with Gasteiger partial charge in [0, 0.05) is 17.1 Å². The molecule has 0 saturated heterocycles. The van der Waals surface area contributed by atoms with E-state index in [9.17, 15) is 4.79 Å². The van der Waals surface area contributed by atoms with E-state index in [0.717, 1.165) is 22.9 Å². The Hall–Kier alpha value is -2.39. The molecule has 0 aliphatic heterocycles. The third kappa shape index (κ3) is 5.60. The maximum atomic E-state index is 12.3. The molecular formula is C21H25N5O2S2. The number of thioether (sulfide) groups is 2. The van der Waals surface area contributed by atoms with Crippen molar-refractivity contribution in [1.82, 2.24) is 24.7 Å². The van der Waals surface area contributed by atoms with Crippen molar-refractivity contribution in [2.24, 2.45) is 0 Å². The summed E-state index contributed by atoms with van der Waals surface area (Å²) in [5.74, 6) is 1.10. The first-order chi connectivity index (χ1) is 14.5. The SMILES string of the molecule is CCOC(=O)[C@H](CC)Sc1nnc(CSc2nc(C)cc(C)n2)n1-c1ccccc1. The van der Waals surface area contributed by atoms with Gasteiger partial charge in [-0.1, -0.05) is 48.6 Å². The number of carbonyl (C=O) groups is 1. The molecule has 9 heteroatoms. The second kappa shape index (κ2) is 10.6. The van der Waals surface area contributed by atoms with Crippen LogP contribution < -0.4 is 0 Å². The van der Waals surface area contributed by atoms with Crippen LogP contribution in [-0.2, 0) is 15.3 Å². The van der Waals surface area contributed by atoms with E-state index >= 15 is 0 Å². The molecule has 3 aromatic rings. The van der Waals surface area contributed by atoms with Gasteiger partial charge in [-0.2, -0.15) is 0 Å².